The molecule has 0 aromatic rings. The van der Waals surface area contributed by atoms with Crippen LogP contribution in [0.15, 0.2) is 12.7 Å². The van der Waals surface area contributed by atoms with E-state index in [9.17, 15) is 0 Å². The van der Waals surface area contributed by atoms with Gasteiger partial charge in [-0.25, -0.2) is 0 Å². The highest BCUT2D eigenvalue weighted by Gasteiger charge is 2.39. The van der Waals surface area contributed by atoms with Gasteiger partial charge in [0.1, 0.15) is 0 Å². The highest BCUT2D eigenvalue weighted by molar-refractivity contribution is 6.60. The Labute approximate surface area is 112 Å². The van der Waals surface area contributed by atoms with E-state index in [1.165, 1.54) is 6.08 Å². The van der Waals surface area contributed by atoms with Crippen LogP contribution in [0.4, 0.5) is 0 Å². The molecule has 0 aliphatic carbocycles. The van der Waals surface area contributed by atoms with E-state index >= 15 is 0 Å². The van der Waals surface area contributed by atoms with Crippen LogP contribution in [0.2, 0.25) is 6.04 Å². The van der Waals surface area contributed by atoms with E-state index in [-0.39, 0.29) is 0 Å². The van der Waals surface area contributed by atoms with Crippen LogP contribution < -0.4 is 0 Å². The Morgan fingerprint density at radius 3 is 1.65 bits per heavy atom. The van der Waals surface area contributed by atoms with Gasteiger partial charge in [-0.2, -0.15) is 0 Å². The third kappa shape index (κ3) is 11.0. The van der Waals surface area contributed by atoms with Crippen molar-refractivity contribution in [3.63, 3.8) is 0 Å². The Morgan fingerprint density at radius 1 is 1.06 bits per heavy atom. The van der Waals surface area contributed by atoms with Crippen LogP contribution in [-0.2, 0) is 13.3 Å². The molecule has 0 bridgehead atoms. The minimum atomic E-state index is -2.40. The molecule has 0 N–H and O–H groups in total. The molecular weight excluding hydrogens is 256 g/mol. The molecule has 0 aliphatic heterocycles. The number of halogens is 1. The van der Waals surface area contributed by atoms with E-state index in [1.54, 1.807) is 0 Å². The fraction of sp³-hybridized carbons (Fsp3) is 0.750. The molecule has 0 aromatic heterocycles. The molecular formula is C12H26ClO3Si. The first kappa shape index (κ1) is 19.5. The predicted molar refractivity (Wildman–Crippen MR) is 76.3 cm³/mol. The average molecular weight is 282 g/mol. The zero-order chi connectivity index (χ0) is 13.6. The van der Waals surface area contributed by atoms with Crippen molar-refractivity contribution in [3.05, 3.63) is 19.6 Å². The van der Waals surface area contributed by atoms with Gasteiger partial charge in [-0.3, -0.25) is 0 Å². The first-order valence-corrected chi connectivity index (χ1v) is 8.50. The third-order valence-electron chi connectivity index (χ3n) is 1.71. The van der Waals surface area contributed by atoms with Gasteiger partial charge in [0.2, 0.25) is 0 Å². The van der Waals surface area contributed by atoms with Gasteiger partial charge >= 0.3 is 8.80 Å². The second kappa shape index (κ2) is 14.2. The molecule has 0 heterocycles. The first-order chi connectivity index (χ1) is 8.16. The maximum absolute atomic E-state index is 5.66. The first-order valence-electron chi connectivity index (χ1n) is 6.04. The van der Waals surface area contributed by atoms with Gasteiger partial charge < -0.3 is 13.3 Å². The summed E-state index contributed by atoms with van der Waals surface area (Å²) in [6, 6.07) is 0.812. The van der Waals surface area contributed by atoms with Crippen molar-refractivity contribution in [1.29, 1.82) is 0 Å². The van der Waals surface area contributed by atoms with Crippen molar-refractivity contribution >= 4 is 20.4 Å². The smallest absolute Gasteiger partial charge is 0.374 e. The summed E-state index contributed by atoms with van der Waals surface area (Å²) in [6.45, 7) is 14.3. The van der Waals surface area contributed by atoms with E-state index in [0.29, 0.717) is 25.7 Å². The van der Waals surface area contributed by atoms with E-state index in [4.69, 9.17) is 24.9 Å². The molecule has 0 unspecified atom stereocenters. The van der Waals surface area contributed by atoms with E-state index in [1.807, 2.05) is 20.8 Å². The van der Waals surface area contributed by atoms with Crippen LogP contribution in [0.1, 0.15) is 27.2 Å². The van der Waals surface area contributed by atoms with Crippen LogP contribution in [0.5, 0.6) is 0 Å². The van der Waals surface area contributed by atoms with E-state index in [2.05, 4.69) is 13.5 Å². The lowest BCUT2D eigenvalue weighted by atomic mass is 10.6. The largest absolute Gasteiger partial charge is 0.500 e. The molecule has 0 fully saturated rings. The minimum absolute atomic E-state index is 0.627. The van der Waals surface area contributed by atoms with Gasteiger partial charge in [0.15, 0.2) is 0 Å². The van der Waals surface area contributed by atoms with Crippen molar-refractivity contribution in [2.24, 2.45) is 0 Å². The van der Waals surface area contributed by atoms with Gasteiger partial charge in [-0.15, -0.1) is 18.2 Å². The maximum atomic E-state index is 5.66. The molecule has 0 saturated carbocycles. The Balaban J connectivity index is 0. The lowest BCUT2D eigenvalue weighted by Crippen LogP contribution is -2.46. The van der Waals surface area contributed by atoms with Crippen LogP contribution in [0.3, 0.4) is 0 Å². The van der Waals surface area contributed by atoms with Crippen molar-refractivity contribution in [3.8, 4) is 0 Å². The number of alkyl halides is 1. The Hall–Kier alpha value is 0.127. The summed E-state index contributed by atoms with van der Waals surface area (Å²) in [6.07, 6.45) is 2.38. The molecule has 0 rings (SSSR count). The second-order valence-corrected chi connectivity index (χ2v) is 6.17. The van der Waals surface area contributed by atoms with Gasteiger partial charge in [-0.05, 0) is 34.1 Å². The van der Waals surface area contributed by atoms with Crippen LogP contribution in [0, 0.1) is 6.92 Å². The molecule has 1 radical (unpaired) electrons. The molecule has 0 aliphatic rings. The van der Waals surface area contributed by atoms with Crippen LogP contribution in [0.25, 0.3) is 0 Å². The summed E-state index contributed by atoms with van der Waals surface area (Å²) in [7, 11) is -2.40. The summed E-state index contributed by atoms with van der Waals surface area (Å²) in [4.78, 5) is 0. The molecule has 0 saturated heterocycles. The zero-order valence-electron chi connectivity index (χ0n) is 11.3. The summed E-state index contributed by atoms with van der Waals surface area (Å²) < 4.78 is 16.9. The number of hydrogen-bond donors (Lipinski definition) is 0. The lowest BCUT2D eigenvalue weighted by Gasteiger charge is -2.28. The number of allylic oxidation sites excluding steroid dienone is 1. The standard InChI is InChI=1S/C9H21ClO3Si.C3H5/c1-4-11-14(12-5-2,13-6-3)9-7-8-10;1-3-2/h4-9H2,1-3H3;3H,1-2H2. The fourth-order valence-corrected chi connectivity index (χ4v) is 4.25. The van der Waals surface area contributed by atoms with Crippen LogP contribution >= 0.6 is 11.6 Å². The van der Waals surface area contributed by atoms with Crippen molar-refractivity contribution in [1.82, 2.24) is 0 Å². The number of rotatable bonds is 9. The lowest BCUT2D eigenvalue weighted by molar-refractivity contribution is 0.0712. The Kier molecular flexibility index (Phi) is 16.2. The zero-order valence-corrected chi connectivity index (χ0v) is 13.1. The van der Waals surface area contributed by atoms with E-state index < -0.39 is 8.80 Å². The highest BCUT2D eigenvalue weighted by atomic mass is 35.5. The highest BCUT2D eigenvalue weighted by Crippen LogP contribution is 2.18. The van der Waals surface area contributed by atoms with Gasteiger partial charge in [0, 0.05) is 31.7 Å². The third-order valence-corrected chi connectivity index (χ3v) is 5.13. The van der Waals surface area contributed by atoms with Crippen molar-refractivity contribution < 1.29 is 13.3 Å². The molecule has 0 amide bonds. The molecule has 5 heteroatoms. The van der Waals surface area contributed by atoms with E-state index in [0.717, 1.165) is 12.5 Å². The summed E-state index contributed by atoms with van der Waals surface area (Å²) in [5, 5.41) is 0. The van der Waals surface area contributed by atoms with Gasteiger partial charge in [-0.1, -0.05) is 6.08 Å². The summed E-state index contributed by atoms with van der Waals surface area (Å²) >= 11 is 5.66. The molecule has 17 heavy (non-hydrogen) atoms. The summed E-state index contributed by atoms with van der Waals surface area (Å²) in [5.74, 6) is 0.627. The SMILES string of the molecule is CCO[Si](CCCCl)(OCC)OCC.[CH2]C=C. The van der Waals surface area contributed by atoms with Gasteiger partial charge in [0.05, 0.1) is 0 Å². The molecule has 0 spiro atoms. The molecule has 0 atom stereocenters. The van der Waals surface area contributed by atoms with Crippen molar-refractivity contribution in [2.75, 3.05) is 25.7 Å². The van der Waals surface area contributed by atoms with Gasteiger partial charge in [0.25, 0.3) is 0 Å². The van der Waals surface area contributed by atoms with Crippen molar-refractivity contribution in [2.45, 2.75) is 33.2 Å². The molecule has 103 valence electrons. The Bertz CT molecular complexity index is 151. The molecule has 3 nitrogen and oxygen atoms in total. The predicted octanol–water partition coefficient (Wildman–Crippen LogP) is 3.67. The fourth-order valence-electron chi connectivity index (χ4n) is 1.28. The summed E-state index contributed by atoms with van der Waals surface area (Å²) in [5.41, 5.74) is 0. The monoisotopic (exact) mass is 281 g/mol. The topological polar surface area (TPSA) is 27.7 Å². The normalized spacial score (nSPS) is 10.6. The quantitative estimate of drug-likeness (QED) is 0.477. The average Bonchev–Trinajstić information content (AvgIpc) is 2.29. The Morgan fingerprint density at radius 2 is 1.41 bits per heavy atom. The molecule has 0 aromatic carbocycles. The maximum Gasteiger partial charge on any atom is 0.500 e. The second-order valence-electron chi connectivity index (χ2n) is 3.06. The number of hydrogen-bond acceptors (Lipinski definition) is 3. The minimum Gasteiger partial charge on any atom is -0.374 e. The van der Waals surface area contributed by atoms with Crippen LogP contribution in [-0.4, -0.2) is 34.5 Å².